The van der Waals surface area contributed by atoms with Crippen LogP contribution < -0.4 is 21.7 Å². The summed E-state index contributed by atoms with van der Waals surface area (Å²) in [6, 6.07) is 9.01. The molecule has 0 fully saturated rings. The first kappa shape index (κ1) is 29.7. The maximum atomic E-state index is 13.1. The zero-order chi connectivity index (χ0) is 28.2. The Labute approximate surface area is 217 Å². The number of benzene rings is 2. The van der Waals surface area contributed by atoms with E-state index in [1.54, 1.807) is 30.3 Å². The van der Waals surface area contributed by atoms with Crippen LogP contribution in [0.15, 0.2) is 54.6 Å². The van der Waals surface area contributed by atoms with Gasteiger partial charge in [0.25, 0.3) is 0 Å². The second-order valence-corrected chi connectivity index (χ2v) is 8.47. The highest BCUT2D eigenvalue weighted by molar-refractivity contribution is 5.94. The van der Waals surface area contributed by atoms with Gasteiger partial charge in [-0.1, -0.05) is 42.5 Å². The van der Waals surface area contributed by atoms with E-state index in [0.717, 1.165) is 5.56 Å². The van der Waals surface area contributed by atoms with Gasteiger partial charge in [0.05, 0.1) is 19.1 Å². The Kier molecular flexibility index (Phi) is 11.2. The third kappa shape index (κ3) is 9.52. The number of carbonyl (C=O) groups is 5. The Morgan fingerprint density at radius 1 is 0.711 bits per heavy atom. The number of carbonyl (C=O) groups excluding carboxylic acids is 3. The number of aliphatic carboxylic acids is 2. The molecule has 3 amide bonds. The van der Waals surface area contributed by atoms with Gasteiger partial charge >= 0.3 is 11.9 Å². The molecular weight excluding hydrogens is 500 g/mol. The minimum absolute atomic E-state index is 0.0185. The number of phenols is 1. The number of aliphatic hydroxyl groups excluding tert-OH is 1. The minimum Gasteiger partial charge on any atom is -0.508 e. The number of phenolic OH excluding ortho intramolecular Hbond substituents is 1. The smallest absolute Gasteiger partial charge is 0.326 e. The van der Waals surface area contributed by atoms with Gasteiger partial charge in [0.1, 0.15) is 23.9 Å². The molecular formula is C25H30N4O9. The van der Waals surface area contributed by atoms with Crippen molar-refractivity contribution in [3.63, 3.8) is 0 Å². The Morgan fingerprint density at radius 3 is 1.79 bits per heavy atom. The van der Waals surface area contributed by atoms with Crippen molar-refractivity contribution in [2.75, 3.05) is 6.61 Å². The van der Waals surface area contributed by atoms with Crippen LogP contribution in [0.5, 0.6) is 5.75 Å². The number of aliphatic hydroxyl groups is 1. The molecule has 0 radical (unpaired) electrons. The Hall–Kier alpha value is -4.49. The fourth-order valence-electron chi connectivity index (χ4n) is 3.43. The van der Waals surface area contributed by atoms with E-state index in [1.807, 2.05) is 5.32 Å². The molecule has 2 aromatic rings. The molecule has 0 spiro atoms. The number of carboxylic acids is 2. The van der Waals surface area contributed by atoms with Crippen LogP contribution in [-0.4, -0.2) is 80.9 Å². The second-order valence-electron chi connectivity index (χ2n) is 8.47. The van der Waals surface area contributed by atoms with Crippen LogP contribution in [0.4, 0.5) is 0 Å². The highest BCUT2D eigenvalue weighted by atomic mass is 16.4. The fraction of sp³-hybridized carbons (Fsp3) is 0.320. The molecule has 0 aromatic heterocycles. The predicted molar refractivity (Wildman–Crippen MR) is 133 cm³/mol. The molecule has 2 rings (SSSR count). The maximum Gasteiger partial charge on any atom is 0.326 e. The summed E-state index contributed by atoms with van der Waals surface area (Å²) >= 11 is 0. The summed E-state index contributed by atoms with van der Waals surface area (Å²) in [5.74, 6) is -5.80. The summed E-state index contributed by atoms with van der Waals surface area (Å²) in [7, 11) is 0. The van der Waals surface area contributed by atoms with Crippen molar-refractivity contribution in [2.45, 2.75) is 43.4 Å². The molecule has 13 heteroatoms. The molecule has 13 nitrogen and oxygen atoms in total. The number of aromatic hydroxyl groups is 1. The summed E-state index contributed by atoms with van der Waals surface area (Å²) in [4.78, 5) is 60.5. The monoisotopic (exact) mass is 530 g/mol. The van der Waals surface area contributed by atoms with Crippen LogP contribution in [0.25, 0.3) is 0 Å². The zero-order valence-corrected chi connectivity index (χ0v) is 20.2. The molecule has 0 saturated heterocycles. The number of rotatable bonds is 14. The first-order valence-corrected chi connectivity index (χ1v) is 11.5. The SMILES string of the molecule is NC(Cc1ccccc1)C(=O)NC(Cc1ccc(O)cc1)C(=O)NC(CO)C(=O)NC(CC(=O)O)C(=O)O. The predicted octanol–water partition coefficient (Wildman–Crippen LogP) is -1.49. The minimum atomic E-state index is -1.80. The average molecular weight is 531 g/mol. The zero-order valence-electron chi connectivity index (χ0n) is 20.2. The maximum absolute atomic E-state index is 13.1. The lowest BCUT2D eigenvalue weighted by Gasteiger charge is -2.24. The number of amides is 3. The highest BCUT2D eigenvalue weighted by Crippen LogP contribution is 2.12. The number of carboxylic acid groups (broad SMARTS) is 2. The standard InChI is InChI=1S/C25H30N4O9/c26-17(10-14-4-2-1-3-5-14)22(34)27-18(11-15-6-8-16(31)9-7-15)23(35)29-20(13-30)24(36)28-19(25(37)38)12-21(32)33/h1-9,17-20,30-31H,10-13,26H2,(H,27,34)(H,28,36)(H,29,35)(H,32,33)(H,37,38). The van der Waals surface area contributed by atoms with Crippen molar-refractivity contribution >= 4 is 29.7 Å². The fourth-order valence-corrected chi connectivity index (χ4v) is 3.43. The molecule has 0 aliphatic heterocycles. The van der Waals surface area contributed by atoms with Crippen molar-refractivity contribution in [2.24, 2.45) is 5.73 Å². The van der Waals surface area contributed by atoms with Crippen molar-refractivity contribution in [3.05, 3.63) is 65.7 Å². The summed E-state index contributed by atoms with van der Waals surface area (Å²) in [5.41, 5.74) is 7.36. The molecule has 204 valence electrons. The quantitative estimate of drug-likeness (QED) is 0.141. The summed E-state index contributed by atoms with van der Waals surface area (Å²) in [6.07, 6.45) is -0.819. The van der Waals surface area contributed by atoms with E-state index in [2.05, 4.69) is 10.6 Å². The molecule has 2 aromatic carbocycles. The van der Waals surface area contributed by atoms with Crippen molar-refractivity contribution in [3.8, 4) is 5.75 Å². The van der Waals surface area contributed by atoms with Gasteiger partial charge in [-0.3, -0.25) is 19.2 Å². The third-order valence-electron chi connectivity index (χ3n) is 5.45. The van der Waals surface area contributed by atoms with Gasteiger partial charge in [0, 0.05) is 6.42 Å². The van der Waals surface area contributed by atoms with E-state index in [-0.39, 0.29) is 18.6 Å². The van der Waals surface area contributed by atoms with Crippen LogP contribution in [0.1, 0.15) is 17.5 Å². The first-order valence-electron chi connectivity index (χ1n) is 11.5. The lowest BCUT2D eigenvalue weighted by Crippen LogP contribution is -2.58. The summed E-state index contributed by atoms with van der Waals surface area (Å²) in [6.45, 7) is -0.940. The van der Waals surface area contributed by atoms with Gasteiger partial charge in [-0.05, 0) is 29.7 Å². The van der Waals surface area contributed by atoms with Crippen LogP contribution in [0, 0.1) is 0 Å². The van der Waals surface area contributed by atoms with Gasteiger partial charge in [-0.25, -0.2) is 4.79 Å². The summed E-state index contributed by atoms with van der Waals surface area (Å²) in [5, 5.41) is 43.9. The topological polar surface area (TPSA) is 228 Å². The molecule has 0 aliphatic rings. The van der Waals surface area contributed by atoms with Crippen molar-refractivity contribution in [1.82, 2.24) is 16.0 Å². The van der Waals surface area contributed by atoms with Crippen LogP contribution >= 0.6 is 0 Å². The molecule has 0 bridgehead atoms. The molecule has 4 unspecified atom stereocenters. The Balaban J connectivity index is 2.16. The number of hydrogen-bond donors (Lipinski definition) is 8. The van der Waals surface area contributed by atoms with Gasteiger partial charge in [-0.2, -0.15) is 0 Å². The van der Waals surface area contributed by atoms with E-state index >= 15 is 0 Å². The molecule has 0 aliphatic carbocycles. The van der Waals surface area contributed by atoms with E-state index in [9.17, 15) is 34.2 Å². The molecule has 9 N–H and O–H groups in total. The molecule has 4 atom stereocenters. The van der Waals surface area contributed by atoms with Gasteiger partial charge < -0.3 is 42.1 Å². The van der Waals surface area contributed by atoms with Crippen molar-refractivity contribution < 1.29 is 44.4 Å². The van der Waals surface area contributed by atoms with Crippen LogP contribution in [0.2, 0.25) is 0 Å². The van der Waals surface area contributed by atoms with E-state index in [0.29, 0.717) is 5.56 Å². The van der Waals surface area contributed by atoms with Gasteiger partial charge in [-0.15, -0.1) is 0 Å². The van der Waals surface area contributed by atoms with Crippen molar-refractivity contribution in [1.29, 1.82) is 0 Å². The Bertz CT molecular complexity index is 1130. The van der Waals surface area contributed by atoms with Gasteiger partial charge in [0.2, 0.25) is 17.7 Å². The number of nitrogens with one attached hydrogen (secondary N) is 3. The lowest BCUT2D eigenvalue weighted by molar-refractivity contribution is -0.147. The second kappa shape index (κ2) is 14.3. The van der Waals surface area contributed by atoms with Gasteiger partial charge in [0.15, 0.2) is 0 Å². The van der Waals surface area contributed by atoms with E-state index in [4.69, 9.17) is 15.9 Å². The van der Waals surface area contributed by atoms with Crippen LogP contribution in [-0.2, 0) is 36.8 Å². The first-order chi connectivity index (χ1) is 18.0. The molecule has 0 heterocycles. The molecule has 0 saturated carbocycles. The normalized spacial score (nSPS) is 13.8. The largest absolute Gasteiger partial charge is 0.508 e. The summed E-state index contributed by atoms with van der Waals surface area (Å²) < 4.78 is 0. The lowest BCUT2D eigenvalue weighted by atomic mass is 10.0. The average Bonchev–Trinajstić information content (AvgIpc) is 2.87. The Morgan fingerprint density at radius 2 is 1.24 bits per heavy atom. The third-order valence-corrected chi connectivity index (χ3v) is 5.45. The number of hydrogen-bond acceptors (Lipinski definition) is 8. The van der Waals surface area contributed by atoms with E-state index in [1.165, 1.54) is 24.3 Å². The highest BCUT2D eigenvalue weighted by Gasteiger charge is 2.31. The molecule has 38 heavy (non-hydrogen) atoms. The van der Waals surface area contributed by atoms with E-state index < -0.39 is 66.9 Å². The number of nitrogens with two attached hydrogens (primary N) is 1. The van der Waals surface area contributed by atoms with Crippen LogP contribution in [0.3, 0.4) is 0 Å².